The summed E-state index contributed by atoms with van der Waals surface area (Å²) in [7, 11) is 0. The van der Waals surface area contributed by atoms with E-state index in [1.54, 1.807) is 6.07 Å². The lowest BCUT2D eigenvalue weighted by Crippen LogP contribution is -2.54. The van der Waals surface area contributed by atoms with Gasteiger partial charge in [0.1, 0.15) is 5.75 Å². The largest absolute Gasteiger partial charge is 0.489 e. The molecule has 26 heavy (non-hydrogen) atoms. The predicted molar refractivity (Wildman–Crippen MR) is 86.1 cm³/mol. The molecule has 3 rings (SSSR count). The minimum absolute atomic E-state index is 0.148. The highest BCUT2D eigenvalue weighted by molar-refractivity contribution is 5.87. The number of pyridine rings is 1. The molecule has 1 amide bonds. The smallest absolute Gasteiger partial charge is 0.430 e. The SMILES string of the molecule is O=C(NCc1cncc(OC2CC2)c1)C(O)(c1ccccc1)C(F)(F)F. The Kier molecular flexibility index (Phi) is 4.86. The number of ether oxygens (including phenoxy) is 1. The Hall–Kier alpha value is -2.61. The molecule has 0 bridgehead atoms. The number of aliphatic hydroxyl groups is 1. The maximum Gasteiger partial charge on any atom is 0.430 e. The second-order valence-corrected chi connectivity index (χ2v) is 6.10. The number of carbonyl (C=O) groups is 1. The summed E-state index contributed by atoms with van der Waals surface area (Å²) in [4.78, 5) is 16.2. The van der Waals surface area contributed by atoms with E-state index in [1.165, 1.54) is 30.6 Å². The van der Waals surface area contributed by atoms with Gasteiger partial charge in [0, 0.05) is 18.3 Å². The molecule has 0 aliphatic heterocycles. The zero-order chi connectivity index (χ0) is 18.8. The van der Waals surface area contributed by atoms with E-state index in [0.717, 1.165) is 25.0 Å². The Morgan fingerprint density at radius 2 is 1.92 bits per heavy atom. The van der Waals surface area contributed by atoms with Gasteiger partial charge in [-0.2, -0.15) is 13.2 Å². The number of hydrogen-bond donors (Lipinski definition) is 2. The number of halogens is 3. The van der Waals surface area contributed by atoms with Crippen LogP contribution < -0.4 is 10.1 Å². The number of amides is 1. The van der Waals surface area contributed by atoms with E-state index in [2.05, 4.69) is 10.3 Å². The van der Waals surface area contributed by atoms with Gasteiger partial charge >= 0.3 is 6.18 Å². The van der Waals surface area contributed by atoms with Gasteiger partial charge in [0.15, 0.2) is 0 Å². The molecule has 1 aliphatic rings. The van der Waals surface area contributed by atoms with Crippen molar-refractivity contribution < 1.29 is 27.8 Å². The van der Waals surface area contributed by atoms with Crippen molar-refractivity contribution in [3.05, 3.63) is 59.9 Å². The highest BCUT2D eigenvalue weighted by atomic mass is 19.4. The molecule has 0 radical (unpaired) electrons. The van der Waals surface area contributed by atoms with E-state index in [9.17, 15) is 23.1 Å². The third-order valence-corrected chi connectivity index (χ3v) is 3.98. The Balaban J connectivity index is 1.74. The first-order valence-electron chi connectivity index (χ1n) is 8.04. The molecule has 1 aromatic heterocycles. The molecular formula is C18H17F3N2O3. The Labute approximate surface area is 147 Å². The molecule has 8 heteroatoms. The van der Waals surface area contributed by atoms with Crippen LogP contribution in [0.4, 0.5) is 13.2 Å². The van der Waals surface area contributed by atoms with Gasteiger partial charge in [0.25, 0.3) is 11.5 Å². The van der Waals surface area contributed by atoms with Crippen molar-refractivity contribution in [1.29, 1.82) is 0 Å². The Morgan fingerprint density at radius 1 is 1.23 bits per heavy atom. The minimum atomic E-state index is -5.17. The monoisotopic (exact) mass is 366 g/mol. The standard InChI is InChI=1S/C18H17F3N2O3/c19-18(20,21)17(25,13-4-2-1-3-5-13)16(24)23-10-12-8-15(11-22-9-12)26-14-6-7-14/h1-5,8-9,11,14,25H,6-7,10H2,(H,23,24). The first-order chi connectivity index (χ1) is 12.3. The van der Waals surface area contributed by atoms with Crippen LogP contribution >= 0.6 is 0 Å². The number of hydrogen-bond acceptors (Lipinski definition) is 4. The van der Waals surface area contributed by atoms with Gasteiger partial charge in [-0.05, 0) is 24.5 Å². The fourth-order valence-electron chi connectivity index (χ4n) is 2.42. The lowest BCUT2D eigenvalue weighted by Gasteiger charge is -2.29. The van der Waals surface area contributed by atoms with Crippen molar-refractivity contribution in [2.75, 3.05) is 0 Å². The maximum atomic E-state index is 13.4. The van der Waals surface area contributed by atoms with Crippen LogP contribution in [-0.4, -0.2) is 28.3 Å². The molecule has 1 saturated carbocycles. The molecule has 138 valence electrons. The lowest BCUT2D eigenvalue weighted by atomic mass is 9.92. The zero-order valence-electron chi connectivity index (χ0n) is 13.7. The second kappa shape index (κ2) is 6.95. The van der Waals surface area contributed by atoms with Gasteiger partial charge in [0.2, 0.25) is 0 Å². The van der Waals surface area contributed by atoms with Crippen molar-refractivity contribution in [3.63, 3.8) is 0 Å². The molecule has 1 fully saturated rings. The van der Waals surface area contributed by atoms with E-state index < -0.39 is 23.2 Å². The summed E-state index contributed by atoms with van der Waals surface area (Å²) in [6.45, 7) is -0.223. The average molecular weight is 366 g/mol. The quantitative estimate of drug-likeness (QED) is 0.825. The van der Waals surface area contributed by atoms with Crippen molar-refractivity contribution in [1.82, 2.24) is 10.3 Å². The van der Waals surface area contributed by atoms with Crippen LogP contribution in [0, 0.1) is 0 Å². The summed E-state index contributed by atoms with van der Waals surface area (Å²) in [6.07, 6.45) is -0.203. The number of nitrogens with zero attached hydrogens (tertiary/aromatic N) is 1. The van der Waals surface area contributed by atoms with Gasteiger partial charge in [-0.15, -0.1) is 0 Å². The van der Waals surface area contributed by atoms with Crippen LogP contribution in [0.5, 0.6) is 5.75 Å². The zero-order valence-corrected chi connectivity index (χ0v) is 13.7. The van der Waals surface area contributed by atoms with Gasteiger partial charge in [-0.1, -0.05) is 30.3 Å². The molecule has 2 aromatic rings. The van der Waals surface area contributed by atoms with Crippen molar-refractivity contribution in [2.24, 2.45) is 0 Å². The maximum absolute atomic E-state index is 13.4. The van der Waals surface area contributed by atoms with Crippen LogP contribution in [-0.2, 0) is 16.9 Å². The molecule has 0 saturated heterocycles. The first-order valence-corrected chi connectivity index (χ1v) is 8.04. The highest BCUT2D eigenvalue weighted by Gasteiger charge is 2.60. The fraction of sp³-hybridized carbons (Fsp3) is 0.333. The van der Waals surface area contributed by atoms with Crippen LogP contribution in [0.25, 0.3) is 0 Å². The number of benzene rings is 1. The molecule has 5 nitrogen and oxygen atoms in total. The average Bonchev–Trinajstić information content (AvgIpc) is 3.43. The Morgan fingerprint density at radius 3 is 2.54 bits per heavy atom. The highest BCUT2D eigenvalue weighted by Crippen LogP contribution is 2.39. The van der Waals surface area contributed by atoms with E-state index in [-0.39, 0.29) is 12.6 Å². The van der Waals surface area contributed by atoms with Crippen LogP contribution in [0.15, 0.2) is 48.8 Å². The molecule has 0 spiro atoms. The van der Waals surface area contributed by atoms with Crippen molar-refractivity contribution in [3.8, 4) is 5.75 Å². The number of rotatable bonds is 6. The summed E-state index contributed by atoms with van der Waals surface area (Å²) in [5.41, 5.74) is -3.72. The van der Waals surface area contributed by atoms with Crippen LogP contribution in [0.1, 0.15) is 24.0 Å². The number of alkyl halides is 3. The molecule has 1 aliphatic carbocycles. The number of nitrogens with one attached hydrogen (secondary N) is 1. The van der Waals surface area contributed by atoms with Gasteiger partial charge < -0.3 is 15.2 Å². The number of aromatic nitrogens is 1. The molecule has 1 heterocycles. The molecule has 1 atom stereocenters. The normalized spacial score (nSPS) is 16.6. The molecular weight excluding hydrogens is 349 g/mol. The van der Waals surface area contributed by atoms with E-state index in [1.807, 2.05) is 0 Å². The van der Waals surface area contributed by atoms with E-state index in [4.69, 9.17) is 4.74 Å². The Bertz CT molecular complexity index is 779. The summed E-state index contributed by atoms with van der Waals surface area (Å²) in [5, 5.41) is 12.3. The lowest BCUT2D eigenvalue weighted by molar-refractivity contribution is -0.257. The first kappa shape index (κ1) is 18.2. The summed E-state index contributed by atoms with van der Waals surface area (Å²) in [5.74, 6) is -1.06. The van der Waals surface area contributed by atoms with Gasteiger partial charge in [-0.3, -0.25) is 9.78 Å². The molecule has 1 aromatic carbocycles. The van der Waals surface area contributed by atoms with Gasteiger partial charge in [-0.25, -0.2) is 0 Å². The van der Waals surface area contributed by atoms with E-state index in [0.29, 0.717) is 11.3 Å². The van der Waals surface area contributed by atoms with Crippen molar-refractivity contribution in [2.45, 2.75) is 37.3 Å². The fourth-order valence-corrected chi connectivity index (χ4v) is 2.42. The third kappa shape index (κ3) is 3.80. The predicted octanol–water partition coefficient (Wildman–Crippen LogP) is 2.69. The summed E-state index contributed by atoms with van der Waals surface area (Å²) < 4.78 is 45.9. The second-order valence-electron chi connectivity index (χ2n) is 6.10. The minimum Gasteiger partial charge on any atom is -0.489 e. The van der Waals surface area contributed by atoms with E-state index >= 15 is 0 Å². The van der Waals surface area contributed by atoms with Gasteiger partial charge in [0.05, 0.1) is 12.3 Å². The third-order valence-electron chi connectivity index (χ3n) is 3.98. The molecule has 1 unspecified atom stereocenters. The molecule has 2 N–H and O–H groups in total. The van der Waals surface area contributed by atoms with Crippen molar-refractivity contribution >= 4 is 5.91 Å². The van der Waals surface area contributed by atoms with Crippen LogP contribution in [0.3, 0.4) is 0 Å². The summed E-state index contributed by atoms with van der Waals surface area (Å²) in [6, 6.07) is 7.84. The number of carbonyl (C=O) groups excluding carboxylic acids is 1. The topological polar surface area (TPSA) is 71.5 Å². The van der Waals surface area contributed by atoms with Crippen LogP contribution in [0.2, 0.25) is 0 Å². The summed E-state index contributed by atoms with van der Waals surface area (Å²) >= 11 is 0.